The monoisotopic (exact) mass is 680 g/mol. The van der Waals surface area contributed by atoms with Gasteiger partial charge in [-0.3, -0.25) is 4.99 Å². The summed E-state index contributed by atoms with van der Waals surface area (Å²) in [5.74, 6) is 0.205. The van der Waals surface area contributed by atoms with E-state index in [-0.39, 0.29) is 30.4 Å². The fraction of sp³-hybridized carbons (Fsp3) is 0.450. The Morgan fingerprint density at radius 3 is 2.64 bits per heavy atom. The van der Waals surface area contributed by atoms with Crippen LogP contribution in [-0.2, 0) is 20.8 Å². The smallest absolute Gasteiger partial charge is 0.328 e. The summed E-state index contributed by atoms with van der Waals surface area (Å²) in [6.45, 7) is 0.617. The second-order valence-corrected chi connectivity index (χ2v) is 13.6. The Bertz CT molecular complexity index is 1680. The standard InChI is InChI=1S/C40H50N5O5/c41-40-43-18-15-36(45-40)35(25-39(49)50)37(44-38-10-5-17-42-38)24-31-14-13-30-22-29-12-11-27(16-20-47)21-32(29)23-34(30)33(31)9-4-2-1-3-7-28(26-48)8-6-19-46/h5,10-14,17,20-23,25-26,28,31,33,36-37,42,46H,1-4,6-9,15-16,18-19,24H2,(H,49,50)(H3,41,43,45)/q-1. The number of hydrogen-bond acceptors (Lipinski definition) is 7. The first-order chi connectivity index (χ1) is 24.4. The highest BCUT2D eigenvalue weighted by Gasteiger charge is 2.31. The number of fused-ring (bicyclic) bond motifs is 2. The van der Waals surface area contributed by atoms with E-state index in [9.17, 15) is 19.5 Å². The number of carbonyl (C=O) groups is 3. The molecule has 50 heavy (non-hydrogen) atoms. The van der Waals surface area contributed by atoms with Crippen LogP contribution in [0.1, 0.15) is 86.8 Å². The summed E-state index contributed by atoms with van der Waals surface area (Å²) < 4.78 is 0. The van der Waals surface area contributed by atoms with Crippen molar-refractivity contribution in [3.8, 4) is 0 Å². The molecular weight excluding hydrogens is 630 g/mol. The molecule has 2 heterocycles. The van der Waals surface area contributed by atoms with Crippen LogP contribution < -0.4 is 11.1 Å². The number of unbranched alkanes of at least 4 members (excludes halogenated alkanes) is 3. The molecule has 0 bridgehead atoms. The maximum absolute atomic E-state index is 12.2. The van der Waals surface area contributed by atoms with Crippen LogP contribution in [-0.4, -0.2) is 64.9 Å². The predicted molar refractivity (Wildman–Crippen MR) is 199 cm³/mol. The van der Waals surface area contributed by atoms with Gasteiger partial charge in [-0.2, -0.15) is 0 Å². The number of H-pyrrole nitrogens is 1. The Morgan fingerprint density at radius 1 is 1.06 bits per heavy atom. The maximum Gasteiger partial charge on any atom is 0.328 e. The molecule has 1 aliphatic heterocycles. The molecule has 0 fully saturated rings. The van der Waals surface area contributed by atoms with Gasteiger partial charge in [-0.25, -0.2) is 4.79 Å². The van der Waals surface area contributed by atoms with Crippen molar-refractivity contribution in [1.29, 1.82) is 0 Å². The zero-order chi connectivity index (χ0) is 35.3. The molecule has 10 nitrogen and oxygen atoms in total. The highest BCUT2D eigenvalue weighted by atomic mass is 16.4. The van der Waals surface area contributed by atoms with Crippen molar-refractivity contribution in [3.63, 3.8) is 0 Å². The molecule has 0 radical (unpaired) electrons. The van der Waals surface area contributed by atoms with Gasteiger partial charge in [0.1, 0.15) is 12.6 Å². The average molecular weight is 681 g/mol. The number of nitrogens with one attached hydrogen (secondary N) is 2. The van der Waals surface area contributed by atoms with Crippen molar-refractivity contribution >= 4 is 47.2 Å². The number of aromatic nitrogens is 1. The number of allylic oxidation sites excluding steroid dienone is 1. The van der Waals surface area contributed by atoms with Gasteiger partial charge in [0.2, 0.25) is 0 Å². The molecular formula is C40H50N5O5-. The summed E-state index contributed by atoms with van der Waals surface area (Å²) in [6.07, 6.45) is 18.3. The van der Waals surface area contributed by atoms with E-state index >= 15 is 0 Å². The highest BCUT2D eigenvalue weighted by molar-refractivity contribution is 5.88. The second kappa shape index (κ2) is 18.3. The number of aliphatic carboxylic acids is 1. The number of aromatic amines is 1. The molecule has 5 atom stereocenters. The molecule has 0 amide bonds. The van der Waals surface area contributed by atoms with Gasteiger partial charge in [0, 0.05) is 31.6 Å². The topological polar surface area (TPSA) is 172 Å². The molecule has 10 heteroatoms. The van der Waals surface area contributed by atoms with Crippen LogP contribution in [0.2, 0.25) is 0 Å². The Hall–Kier alpha value is -4.70. The van der Waals surface area contributed by atoms with Gasteiger partial charge in [0.15, 0.2) is 5.96 Å². The number of aliphatic imine (C=N–C) groups is 1. The molecule has 266 valence electrons. The first-order valence-corrected chi connectivity index (χ1v) is 18.0. The number of rotatable bonds is 20. The van der Waals surface area contributed by atoms with Crippen LogP contribution in [0.5, 0.6) is 0 Å². The zero-order valence-electron chi connectivity index (χ0n) is 28.7. The molecule has 3 aromatic rings. The lowest BCUT2D eigenvalue weighted by molar-refractivity contribution is -0.131. The van der Waals surface area contributed by atoms with E-state index < -0.39 is 12.0 Å². The normalized spacial score (nSPS) is 20.0. The van der Waals surface area contributed by atoms with E-state index in [0.717, 1.165) is 73.9 Å². The lowest BCUT2D eigenvalue weighted by Gasteiger charge is -2.39. The van der Waals surface area contributed by atoms with Gasteiger partial charge in [-0.1, -0.05) is 86.2 Å². The SMILES string of the molecule is NC1=NCCC(C(=CC(=O)O)C(CC2C=Cc3cc4ccc(CC=O)cc4cc3C2CCCCCCC(C=O)CCCO)[N-]c2ccc[nH]2)N1. The minimum absolute atomic E-state index is 0.00737. The molecule has 2 aromatic carbocycles. The van der Waals surface area contributed by atoms with E-state index in [0.29, 0.717) is 49.6 Å². The van der Waals surface area contributed by atoms with E-state index in [1.54, 1.807) is 0 Å². The van der Waals surface area contributed by atoms with Crippen molar-refractivity contribution in [3.05, 3.63) is 88.4 Å². The van der Waals surface area contributed by atoms with Crippen LogP contribution in [0, 0.1) is 11.8 Å². The number of hydrogen-bond donors (Lipinski definition) is 5. The molecule has 0 spiro atoms. The molecule has 6 N–H and O–H groups in total. The summed E-state index contributed by atoms with van der Waals surface area (Å²) in [6, 6.07) is 13.7. The number of nitrogens with two attached hydrogens (primary N) is 1. The average Bonchev–Trinajstić information content (AvgIpc) is 3.63. The minimum Gasteiger partial charge on any atom is -0.478 e. The maximum atomic E-state index is 12.2. The fourth-order valence-electron chi connectivity index (χ4n) is 7.56. The number of guanidine groups is 1. The van der Waals surface area contributed by atoms with E-state index in [4.69, 9.17) is 16.2 Å². The molecule has 1 aliphatic carbocycles. The predicted octanol–water partition coefficient (Wildman–Crippen LogP) is 6.72. The zero-order valence-corrected chi connectivity index (χ0v) is 28.7. The van der Waals surface area contributed by atoms with Crippen LogP contribution in [0.3, 0.4) is 0 Å². The van der Waals surface area contributed by atoms with Crippen LogP contribution in [0.15, 0.2) is 71.4 Å². The number of carboxylic acid groups (broad SMARTS) is 1. The first-order valence-electron chi connectivity index (χ1n) is 18.0. The fourth-order valence-corrected chi connectivity index (χ4v) is 7.56. The molecule has 2 aliphatic rings. The molecule has 5 rings (SSSR count). The highest BCUT2D eigenvalue weighted by Crippen LogP contribution is 2.44. The number of aliphatic hydroxyl groups is 1. The lowest BCUT2D eigenvalue weighted by atomic mass is 9.72. The van der Waals surface area contributed by atoms with E-state index in [1.807, 2.05) is 24.4 Å². The van der Waals surface area contributed by atoms with Crippen molar-refractivity contribution in [2.24, 2.45) is 22.6 Å². The van der Waals surface area contributed by atoms with Gasteiger partial charge >= 0.3 is 5.97 Å². The number of carbonyl (C=O) groups excluding carboxylic acids is 2. The molecule has 0 saturated heterocycles. The summed E-state index contributed by atoms with van der Waals surface area (Å²) >= 11 is 0. The summed E-state index contributed by atoms with van der Waals surface area (Å²) in [4.78, 5) is 42.4. The van der Waals surface area contributed by atoms with Crippen LogP contribution in [0.4, 0.5) is 5.82 Å². The Labute approximate surface area is 294 Å². The Kier molecular flexibility index (Phi) is 13.4. The molecule has 5 unspecified atom stereocenters. The largest absolute Gasteiger partial charge is 0.478 e. The number of nitrogens with zero attached hydrogens (tertiary/aromatic N) is 2. The summed E-state index contributed by atoms with van der Waals surface area (Å²) in [5.41, 5.74) is 10.2. The second-order valence-electron chi connectivity index (χ2n) is 13.6. The van der Waals surface area contributed by atoms with Crippen molar-refractivity contribution < 1.29 is 24.6 Å². The third kappa shape index (κ3) is 9.94. The van der Waals surface area contributed by atoms with Crippen molar-refractivity contribution in [2.75, 3.05) is 13.2 Å². The Morgan fingerprint density at radius 2 is 1.90 bits per heavy atom. The van der Waals surface area contributed by atoms with Gasteiger partial charge in [0.05, 0.1) is 6.04 Å². The minimum atomic E-state index is -1.03. The van der Waals surface area contributed by atoms with Crippen molar-refractivity contribution in [1.82, 2.24) is 10.3 Å². The summed E-state index contributed by atoms with van der Waals surface area (Å²) in [5, 5.41) is 29.7. The lowest BCUT2D eigenvalue weighted by Crippen LogP contribution is -2.47. The van der Waals surface area contributed by atoms with Gasteiger partial charge in [-0.15, -0.1) is 0 Å². The van der Waals surface area contributed by atoms with Crippen molar-refractivity contribution in [2.45, 2.75) is 88.6 Å². The number of aldehydes is 2. The summed E-state index contributed by atoms with van der Waals surface area (Å²) in [7, 11) is 0. The van der Waals surface area contributed by atoms with E-state index in [1.165, 1.54) is 17.2 Å². The molecule has 0 saturated carbocycles. The number of carboxylic acids is 1. The quantitative estimate of drug-likeness (QED) is 0.0501. The van der Waals surface area contributed by atoms with Gasteiger partial charge < -0.3 is 41.2 Å². The third-order valence-corrected chi connectivity index (χ3v) is 10.1. The first kappa shape index (κ1) is 36.6. The van der Waals surface area contributed by atoms with Crippen LogP contribution >= 0.6 is 0 Å². The molecule has 1 aromatic heterocycles. The Balaban J connectivity index is 1.42. The number of aliphatic hydroxyl groups excluding tert-OH is 1. The number of benzene rings is 2. The van der Waals surface area contributed by atoms with Crippen LogP contribution in [0.25, 0.3) is 22.2 Å². The third-order valence-electron chi connectivity index (χ3n) is 10.1. The van der Waals surface area contributed by atoms with Gasteiger partial charge in [0.25, 0.3) is 0 Å². The van der Waals surface area contributed by atoms with Gasteiger partial charge in [-0.05, 0) is 95.5 Å². The van der Waals surface area contributed by atoms with E-state index in [2.05, 4.69) is 51.7 Å².